The Morgan fingerprint density at radius 3 is 3.00 bits per heavy atom. The van der Waals surface area contributed by atoms with Gasteiger partial charge in [0.25, 0.3) is 0 Å². The minimum Gasteiger partial charge on any atom is -0.478 e. The second-order valence-corrected chi connectivity index (χ2v) is 4.28. The van der Waals surface area contributed by atoms with Crippen LogP contribution in [0, 0.1) is 0 Å². The Labute approximate surface area is 107 Å². The van der Waals surface area contributed by atoms with E-state index in [2.05, 4.69) is 10.3 Å². The number of carbonyl (C=O) groups excluding carboxylic acids is 1. The van der Waals surface area contributed by atoms with Gasteiger partial charge in [0, 0.05) is 18.8 Å². The molecule has 1 N–H and O–H groups in total. The minimum atomic E-state index is -0.202. The maximum absolute atomic E-state index is 11.4. The molecular weight excluding hydrogens is 232 g/mol. The number of hydrogen-bond donors (Lipinski definition) is 1. The third-order valence-electron chi connectivity index (χ3n) is 3.14. The topological polar surface area (TPSA) is 60.5 Å². The van der Waals surface area contributed by atoms with Crippen LogP contribution in [0.5, 0.6) is 5.88 Å². The van der Waals surface area contributed by atoms with Crippen LogP contribution in [0.25, 0.3) is 0 Å². The molecule has 0 aromatic carbocycles. The Morgan fingerprint density at radius 1 is 1.56 bits per heavy atom. The smallest absolute Gasteiger partial charge is 0.322 e. The summed E-state index contributed by atoms with van der Waals surface area (Å²) in [4.78, 5) is 15.6. The van der Waals surface area contributed by atoms with E-state index in [1.165, 1.54) is 7.11 Å². The minimum absolute atomic E-state index is 0.198. The molecule has 0 aliphatic carbocycles. The van der Waals surface area contributed by atoms with Gasteiger partial charge in [-0.25, -0.2) is 4.98 Å². The van der Waals surface area contributed by atoms with E-state index in [0.29, 0.717) is 18.4 Å². The number of methoxy groups -OCH3 is 1. The zero-order valence-corrected chi connectivity index (χ0v) is 10.7. The van der Waals surface area contributed by atoms with Crippen LogP contribution in [0.2, 0.25) is 0 Å². The molecule has 2 rings (SSSR count). The summed E-state index contributed by atoms with van der Waals surface area (Å²) in [6.07, 6.45) is 2.57. The summed E-state index contributed by atoms with van der Waals surface area (Å²) >= 11 is 0. The highest BCUT2D eigenvalue weighted by Crippen LogP contribution is 2.26. The highest BCUT2D eigenvalue weighted by Gasteiger charge is 2.30. The van der Waals surface area contributed by atoms with Gasteiger partial charge >= 0.3 is 5.97 Å². The fraction of sp³-hybridized carbons (Fsp3) is 0.538. The second kappa shape index (κ2) is 5.82. The molecule has 18 heavy (non-hydrogen) atoms. The standard InChI is InChI=1S/C13H18N2O3/c1-3-18-12-5-4-9(7-15-12)10-6-11(14-8-10)13(16)17-2/h4-5,7,10-11,14H,3,6,8H2,1-2H3. The van der Waals surface area contributed by atoms with Gasteiger partial charge in [0.1, 0.15) is 6.04 Å². The normalized spacial score (nSPS) is 22.8. The summed E-state index contributed by atoms with van der Waals surface area (Å²) in [5.41, 5.74) is 1.12. The molecule has 1 aliphatic heterocycles. The van der Waals surface area contributed by atoms with E-state index in [1.807, 2.05) is 25.3 Å². The van der Waals surface area contributed by atoms with Gasteiger partial charge in [0.2, 0.25) is 5.88 Å². The number of carbonyl (C=O) groups is 1. The summed E-state index contributed by atoms with van der Waals surface area (Å²) < 4.78 is 10.0. The largest absolute Gasteiger partial charge is 0.478 e. The first kappa shape index (κ1) is 12.8. The zero-order chi connectivity index (χ0) is 13.0. The number of ether oxygens (including phenoxy) is 2. The second-order valence-electron chi connectivity index (χ2n) is 4.28. The number of hydrogen-bond acceptors (Lipinski definition) is 5. The summed E-state index contributed by atoms with van der Waals surface area (Å²) in [5.74, 6) is 0.741. The maximum Gasteiger partial charge on any atom is 0.322 e. The Hall–Kier alpha value is -1.62. The predicted molar refractivity (Wildman–Crippen MR) is 66.6 cm³/mol. The lowest BCUT2D eigenvalue weighted by atomic mass is 9.98. The van der Waals surface area contributed by atoms with Crippen molar-refractivity contribution < 1.29 is 14.3 Å². The summed E-state index contributed by atoms with van der Waals surface area (Å²) in [6.45, 7) is 3.31. The van der Waals surface area contributed by atoms with E-state index in [4.69, 9.17) is 9.47 Å². The summed E-state index contributed by atoms with van der Waals surface area (Å²) in [6, 6.07) is 3.67. The van der Waals surface area contributed by atoms with Crippen LogP contribution in [0.4, 0.5) is 0 Å². The molecule has 1 aromatic heterocycles. The molecule has 2 unspecified atom stereocenters. The first-order chi connectivity index (χ1) is 8.74. The quantitative estimate of drug-likeness (QED) is 0.811. The lowest BCUT2D eigenvalue weighted by molar-refractivity contribution is -0.142. The molecular formula is C13H18N2O3. The average Bonchev–Trinajstić information content (AvgIpc) is 2.89. The third-order valence-corrected chi connectivity index (χ3v) is 3.14. The summed E-state index contributed by atoms with van der Waals surface area (Å²) in [5, 5.41) is 3.16. The van der Waals surface area contributed by atoms with Crippen LogP contribution in [-0.2, 0) is 9.53 Å². The zero-order valence-electron chi connectivity index (χ0n) is 10.7. The Bertz CT molecular complexity index is 405. The molecule has 0 saturated carbocycles. The Kier molecular flexibility index (Phi) is 4.15. The van der Waals surface area contributed by atoms with E-state index in [1.54, 1.807) is 0 Å². The Morgan fingerprint density at radius 2 is 2.39 bits per heavy atom. The molecule has 0 radical (unpaired) electrons. The molecule has 2 heterocycles. The van der Waals surface area contributed by atoms with Crippen LogP contribution in [0.3, 0.4) is 0 Å². The van der Waals surface area contributed by atoms with Crippen molar-refractivity contribution in [2.45, 2.75) is 25.3 Å². The molecule has 98 valence electrons. The molecule has 1 fully saturated rings. The van der Waals surface area contributed by atoms with E-state index in [-0.39, 0.29) is 12.0 Å². The van der Waals surface area contributed by atoms with Crippen LogP contribution < -0.4 is 10.1 Å². The van der Waals surface area contributed by atoms with Crippen LogP contribution in [0.1, 0.15) is 24.8 Å². The van der Waals surface area contributed by atoms with Crippen molar-refractivity contribution in [2.24, 2.45) is 0 Å². The van der Waals surface area contributed by atoms with Gasteiger partial charge < -0.3 is 14.8 Å². The molecule has 1 aromatic rings. The molecule has 0 spiro atoms. The lowest BCUT2D eigenvalue weighted by Gasteiger charge is -2.09. The van der Waals surface area contributed by atoms with Crippen molar-refractivity contribution in [3.63, 3.8) is 0 Å². The number of pyridine rings is 1. The van der Waals surface area contributed by atoms with Gasteiger partial charge in [0.15, 0.2) is 0 Å². The molecule has 5 heteroatoms. The van der Waals surface area contributed by atoms with Crippen molar-refractivity contribution in [3.05, 3.63) is 23.9 Å². The number of aromatic nitrogens is 1. The first-order valence-corrected chi connectivity index (χ1v) is 6.14. The molecule has 1 saturated heterocycles. The molecule has 0 amide bonds. The summed E-state index contributed by atoms with van der Waals surface area (Å²) in [7, 11) is 1.41. The van der Waals surface area contributed by atoms with Crippen LogP contribution >= 0.6 is 0 Å². The van der Waals surface area contributed by atoms with Gasteiger partial charge in [-0.05, 0) is 24.8 Å². The molecule has 2 atom stereocenters. The van der Waals surface area contributed by atoms with E-state index >= 15 is 0 Å². The Balaban J connectivity index is 1.98. The SMILES string of the molecule is CCOc1ccc(C2CNC(C(=O)OC)C2)cn1. The van der Waals surface area contributed by atoms with Gasteiger partial charge in [-0.15, -0.1) is 0 Å². The monoisotopic (exact) mass is 250 g/mol. The lowest BCUT2D eigenvalue weighted by Crippen LogP contribution is -2.31. The van der Waals surface area contributed by atoms with Crippen molar-refractivity contribution in [2.75, 3.05) is 20.3 Å². The molecule has 1 aliphatic rings. The van der Waals surface area contributed by atoms with Gasteiger partial charge in [-0.3, -0.25) is 4.79 Å². The van der Waals surface area contributed by atoms with Crippen molar-refractivity contribution in [3.8, 4) is 5.88 Å². The predicted octanol–water partition coefficient (Wildman–Crippen LogP) is 1.10. The van der Waals surface area contributed by atoms with Crippen molar-refractivity contribution >= 4 is 5.97 Å². The number of nitrogens with zero attached hydrogens (tertiary/aromatic N) is 1. The fourth-order valence-corrected chi connectivity index (χ4v) is 2.18. The van der Waals surface area contributed by atoms with Crippen LogP contribution in [0.15, 0.2) is 18.3 Å². The average molecular weight is 250 g/mol. The fourth-order valence-electron chi connectivity index (χ4n) is 2.18. The first-order valence-electron chi connectivity index (χ1n) is 6.14. The van der Waals surface area contributed by atoms with E-state index in [9.17, 15) is 4.79 Å². The molecule has 5 nitrogen and oxygen atoms in total. The van der Waals surface area contributed by atoms with Crippen molar-refractivity contribution in [1.82, 2.24) is 10.3 Å². The molecule has 0 bridgehead atoms. The number of esters is 1. The van der Waals surface area contributed by atoms with E-state index in [0.717, 1.165) is 18.5 Å². The number of nitrogens with one attached hydrogen (secondary N) is 1. The van der Waals surface area contributed by atoms with Gasteiger partial charge in [0.05, 0.1) is 13.7 Å². The van der Waals surface area contributed by atoms with Gasteiger partial charge in [-0.1, -0.05) is 6.07 Å². The van der Waals surface area contributed by atoms with E-state index < -0.39 is 0 Å². The van der Waals surface area contributed by atoms with Crippen LogP contribution in [-0.4, -0.2) is 37.3 Å². The maximum atomic E-state index is 11.4. The third kappa shape index (κ3) is 2.79. The number of rotatable bonds is 4. The highest BCUT2D eigenvalue weighted by atomic mass is 16.5. The van der Waals surface area contributed by atoms with Crippen molar-refractivity contribution in [1.29, 1.82) is 0 Å². The highest BCUT2D eigenvalue weighted by molar-refractivity contribution is 5.76. The van der Waals surface area contributed by atoms with Gasteiger partial charge in [-0.2, -0.15) is 0 Å².